The second-order valence-electron chi connectivity index (χ2n) is 4.10. The predicted molar refractivity (Wildman–Crippen MR) is 79.4 cm³/mol. The smallest absolute Gasteiger partial charge is 0.275 e. The standard InChI is InChI=1S/C10H11ClN4O4S2/c1-3-6-7(5-14(2)12-6)13-21(18,19)9-4-8(15(16)17)10(11)20-9/h4-5,13H,3H2,1-2H3. The van der Waals surface area contributed by atoms with Gasteiger partial charge in [0.1, 0.15) is 4.21 Å². The summed E-state index contributed by atoms with van der Waals surface area (Å²) in [6, 6.07) is 0.942. The first-order chi connectivity index (χ1) is 9.74. The predicted octanol–water partition coefficient (Wildman–Crippen LogP) is 2.41. The van der Waals surface area contributed by atoms with Gasteiger partial charge in [-0.1, -0.05) is 18.5 Å². The Morgan fingerprint density at radius 3 is 2.76 bits per heavy atom. The fourth-order valence-electron chi connectivity index (χ4n) is 1.67. The fraction of sp³-hybridized carbons (Fsp3) is 0.300. The topological polar surface area (TPSA) is 107 Å². The van der Waals surface area contributed by atoms with Crippen molar-refractivity contribution < 1.29 is 13.3 Å². The Bertz CT molecular complexity index is 796. The molecule has 2 heterocycles. The lowest BCUT2D eigenvalue weighted by Crippen LogP contribution is -2.12. The number of rotatable bonds is 5. The van der Waals surface area contributed by atoms with Crippen LogP contribution >= 0.6 is 22.9 Å². The SMILES string of the molecule is CCc1nn(C)cc1NS(=O)(=O)c1cc([N+](=O)[O-])c(Cl)s1. The van der Waals surface area contributed by atoms with Crippen molar-refractivity contribution in [1.29, 1.82) is 0 Å². The van der Waals surface area contributed by atoms with Crippen LogP contribution in [0.4, 0.5) is 11.4 Å². The van der Waals surface area contributed by atoms with Crippen molar-refractivity contribution in [3.8, 4) is 0 Å². The number of nitrogens with zero attached hydrogens (tertiary/aromatic N) is 3. The van der Waals surface area contributed by atoms with Crippen LogP contribution in [0, 0.1) is 10.1 Å². The normalized spacial score (nSPS) is 11.6. The highest BCUT2D eigenvalue weighted by atomic mass is 35.5. The van der Waals surface area contributed by atoms with E-state index in [-0.39, 0.29) is 8.55 Å². The Balaban J connectivity index is 2.38. The molecule has 2 aromatic rings. The highest BCUT2D eigenvalue weighted by Gasteiger charge is 2.26. The molecule has 2 aromatic heterocycles. The molecule has 0 amide bonds. The number of hydrogen-bond donors (Lipinski definition) is 1. The van der Waals surface area contributed by atoms with Crippen molar-refractivity contribution in [1.82, 2.24) is 9.78 Å². The van der Waals surface area contributed by atoms with E-state index in [2.05, 4.69) is 9.82 Å². The number of aromatic nitrogens is 2. The first kappa shape index (κ1) is 15.7. The van der Waals surface area contributed by atoms with E-state index in [9.17, 15) is 18.5 Å². The molecule has 0 unspecified atom stereocenters. The van der Waals surface area contributed by atoms with Crippen molar-refractivity contribution in [3.63, 3.8) is 0 Å². The van der Waals surface area contributed by atoms with Crippen LogP contribution in [0.15, 0.2) is 16.5 Å². The van der Waals surface area contributed by atoms with E-state index in [4.69, 9.17) is 11.6 Å². The number of nitrogens with one attached hydrogen (secondary N) is 1. The van der Waals surface area contributed by atoms with Gasteiger partial charge in [-0.15, -0.1) is 11.3 Å². The zero-order chi connectivity index (χ0) is 15.8. The number of anilines is 1. The maximum Gasteiger partial charge on any atom is 0.300 e. The Hall–Kier alpha value is -1.65. The van der Waals surface area contributed by atoms with Gasteiger partial charge in [-0.3, -0.25) is 19.5 Å². The second kappa shape index (κ2) is 5.62. The van der Waals surface area contributed by atoms with Gasteiger partial charge in [-0.25, -0.2) is 8.42 Å². The molecule has 0 aliphatic rings. The maximum absolute atomic E-state index is 12.2. The molecule has 0 aliphatic carbocycles. The second-order valence-corrected chi connectivity index (χ2v) is 7.67. The minimum Gasteiger partial charge on any atom is -0.275 e. The van der Waals surface area contributed by atoms with Crippen molar-refractivity contribution >= 4 is 44.3 Å². The van der Waals surface area contributed by atoms with Crippen molar-refractivity contribution in [2.75, 3.05) is 4.72 Å². The minimum atomic E-state index is -3.94. The minimum absolute atomic E-state index is 0.178. The van der Waals surface area contributed by atoms with E-state index < -0.39 is 20.6 Å². The molecular formula is C10H11ClN4O4S2. The summed E-state index contributed by atoms with van der Waals surface area (Å²) in [5.74, 6) is 0. The molecule has 0 fully saturated rings. The van der Waals surface area contributed by atoms with Crippen LogP contribution in [0.3, 0.4) is 0 Å². The molecule has 21 heavy (non-hydrogen) atoms. The van der Waals surface area contributed by atoms with Crippen LogP contribution in [-0.2, 0) is 23.5 Å². The monoisotopic (exact) mass is 350 g/mol. The summed E-state index contributed by atoms with van der Waals surface area (Å²) in [7, 11) is -2.27. The molecular weight excluding hydrogens is 340 g/mol. The average molecular weight is 351 g/mol. The number of hydrogen-bond acceptors (Lipinski definition) is 6. The molecule has 1 N–H and O–H groups in total. The molecule has 0 bridgehead atoms. The van der Waals surface area contributed by atoms with Crippen LogP contribution in [0.25, 0.3) is 0 Å². The molecule has 0 spiro atoms. The third kappa shape index (κ3) is 3.17. The molecule has 11 heteroatoms. The zero-order valence-corrected chi connectivity index (χ0v) is 13.4. The van der Waals surface area contributed by atoms with Crippen molar-refractivity contribution in [3.05, 3.63) is 32.4 Å². The van der Waals surface area contributed by atoms with Gasteiger partial charge in [0.2, 0.25) is 0 Å². The third-order valence-electron chi connectivity index (χ3n) is 2.59. The van der Waals surface area contributed by atoms with Crippen LogP contribution in [0.1, 0.15) is 12.6 Å². The van der Waals surface area contributed by atoms with Gasteiger partial charge < -0.3 is 0 Å². The first-order valence-electron chi connectivity index (χ1n) is 5.73. The summed E-state index contributed by atoms with van der Waals surface area (Å²) in [5.41, 5.74) is 0.495. The summed E-state index contributed by atoms with van der Waals surface area (Å²) in [6.07, 6.45) is 2.07. The average Bonchev–Trinajstić information content (AvgIpc) is 2.92. The summed E-state index contributed by atoms with van der Waals surface area (Å²) >= 11 is 6.32. The Morgan fingerprint density at radius 2 is 2.24 bits per heavy atom. The van der Waals surface area contributed by atoms with Crippen molar-refractivity contribution in [2.45, 2.75) is 17.6 Å². The summed E-state index contributed by atoms with van der Waals surface area (Å²) < 4.78 is 28.0. The molecule has 0 aromatic carbocycles. The van der Waals surface area contributed by atoms with Gasteiger partial charge in [0, 0.05) is 19.3 Å². The maximum atomic E-state index is 12.2. The summed E-state index contributed by atoms with van der Waals surface area (Å²) in [5, 5.41) is 14.8. The van der Waals surface area contributed by atoms with E-state index in [1.54, 1.807) is 7.05 Å². The molecule has 0 saturated heterocycles. The molecule has 0 aliphatic heterocycles. The van der Waals surface area contributed by atoms with Gasteiger partial charge in [0.15, 0.2) is 4.34 Å². The van der Waals surface area contributed by atoms with Crippen molar-refractivity contribution in [2.24, 2.45) is 7.05 Å². The van der Waals surface area contributed by atoms with E-state index in [1.807, 2.05) is 6.92 Å². The Morgan fingerprint density at radius 1 is 1.57 bits per heavy atom. The number of halogens is 1. The Labute approximate surface area is 129 Å². The molecule has 0 saturated carbocycles. The number of sulfonamides is 1. The lowest BCUT2D eigenvalue weighted by Gasteiger charge is -2.04. The van der Waals surface area contributed by atoms with E-state index in [0.29, 0.717) is 29.1 Å². The Kier molecular flexibility index (Phi) is 4.21. The summed E-state index contributed by atoms with van der Waals surface area (Å²) in [6.45, 7) is 1.84. The highest BCUT2D eigenvalue weighted by Crippen LogP contribution is 2.37. The van der Waals surface area contributed by atoms with Crippen LogP contribution in [-0.4, -0.2) is 23.1 Å². The lowest BCUT2D eigenvalue weighted by molar-refractivity contribution is -0.384. The number of aryl methyl sites for hydroxylation is 2. The number of thiophene rings is 1. The molecule has 0 radical (unpaired) electrons. The lowest BCUT2D eigenvalue weighted by atomic mass is 10.3. The van der Waals surface area contributed by atoms with Gasteiger partial charge >= 0.3 is 0 Å². The summed E-state index contributed by atoms with van der Waals surface area (Å²) in [4.78, 5) is 10.0. The zero-order valence-electron chi connectivity index (χ0n) is 11.0. The quantitative estimate of drug-likeness (QED) is 0.658. The molecule has 2 rings (SSSR count). The van der Waals surface area contributed by atoms with Crippen LogP contribution < -0.4 is 4.72 Å². The van der Waals surface area contributed by atoms with E-state index >= 15 is 0 Å². The molecule has 0 atom stereocenters. The highest BCUT2D eigenvalue weighted by molar-refractivity contribution is 7.94. The van der Waals surface area contributed by atoms with Gasteiger partial charge in [0.25, 0.3) is 15.7 Å². The van der Waals surface area contributed by atoms with E-state index in [0.717, 1.165) is 6.07 Å². The fourth-order valence-corrected chi connectivity index (χ4v) is 4.41. The van der Waals surface area contributed by atoms with Gasteiger partial charge in [0.05, 0.1) is 16.3 Å². The molecule has 114 valence electrons. The van der Waals surface area contributed by atoms with Crippen LogP contribution in [0.5, 0.6) is 0 Å². The largest absolute Gasteiger partial charge is 0.300 e. The van der Waals surface area contributed by atoms with Gasteiger partial charge in [-0.2, -0.15) is 5.10 Å². The third-order valence-corrected chi connectivity index (χ3v) is 5.77. The van der Waals surface area contributed by atoms with Gasteiger partial charge in [-0.05, 0) is 6.42 Å². The first-order valence-corrected chi connectivity index (χ1v) is 8.41. The number of nitro groups is 1. The van der Waals surface area contributed by atoms with E-state index in [1.165, 1.54) is 10.9 Å². The van der Waals surface area contributed by atoms with Crippen LogP contribution in [0.2, 0.25) is 4.34 Å². The molecule has 8 nitrogen and oxygen atoms in total.